The van der Waals surface area contributed by atoms with Crippen LogP contribution in [0.1, 0.15) is 19.5 Å². The number of hydrogen-bond donors (Lipinski definition) is 0. The first-order valence-corrected chi connectivity index (χ1v) is 8.08. The molecule has 4 nitrogen and oxygen atoms in total. The molecule has 0 N–H and O–H groups in total. The third-order valence-electron chi connectivity index (χ3n) is 2.67. The molecule has 0 saturated heterocycles. The average Bonchev–Trinajstić information content (AvgIpc) is 2.68. The van der Waals surface area contributed by atoms with Gasteiger partial charge in [-0.15, -0.1) is 0 Å². The molecule has 0 aliphatic heterocycles. The van der Waals surface area contributed by atoms with Crippen LogP contribution in [0.15, 0.2) is 22.9 Å². The third kappa shape index (κ3) is 2.31. The van der Waals surface area contributed by atoms with Crippen molar-refractivity contribution in [1.29, 1.82) is 0 Å². The van der Waals surface area contributed by atoms with Gasteiger partial charge in [-0.05, 0) is 34.8 Å². The summed E-state index contributed by atoms with van der Waals surface area (Å²) < 4.78 is 26.8. The van der Waals surface area contributed by atoms with Gasteiger partial charge in [0.2, 0.25) is 10.0 Å². The standard InChI is InChI=1S/C12H15BrN2O2S/c1-8(2)7-18(16,17)15-5-4-10-11(13)6-14-9(3)12(10)15/h4-6,8H,7H2,1-3H3. The maximum atomic E-state index is 12.3. The van der Waals surface area contributed by atoms with E-state index in [2.05, 4.69) is 20.9 Å². The normalized spacial score (nSPS) is 12.5. The molecule has 18 heavy (non-hydrogen) atoms. The molecule has 0 amide bonds. The molecule has 0 bridgehead atoms. The second-order valence-corrected chi connectivity index (χ2v) is 7.48. The van der Waals surface area contributed by atoms with E-state index in [9.17, 15) is 8.42 Å². The fraction of sp³-hybridized carbons (Fsp3) is 0.417. The van der Waals surface area contributed by atoms with Crippen LogP contribution in [-0.2, 0) is 10.0 Å². The smallest absolute Gasteiger partial charge is 0.239 e. The van der Waals surface area contributed by atoms with Crippen LogP contribution in [0.5, 0.6) is 0 Å². The molecule has 2 aromatic rings. The molecule has 2 rings (SSSR count). The van der Waals surface area contributed by atoms with Gasteiger partial charge in [0, 0.05) is 22.3 Å². The number of fused-ring (bicyclic) bond motifs is 1. The molecule has 2 aromatic heterocycles. The van der Waals surface area contributed by atoms with Gasteiger partial charge in [-0.3, -0.25) is 4.98 Å². The Morgan fingerprint density at radius 2 is 2.11 bits per heavy atom. The molecule has 0 saturated carbocycles. The van der Waals surface area contributed by atoms with Crippen LogP contribution in [0.2, 0.25) is 0 Å². The summed E-state index contributed by atoms with van der Waals surface area (Å²) in [5.74, 6) is 0.218. The minimum Gasteiger partial charge on any atom is -0.258 e. The van der Waals surface area contributed by atoms with Gasteiger partial charge in [0.25, 0.3) is 0 Å². The van der Waals surface area contributed by atoms with E-state index < -0.39 is 10.0 Å². The summed E-state index contributed by atoms with van der Waals surface area (Å²) in [5, 5.41) is 0.870. The van der Waals surface area contributed by atoms with Crippen LogP contribution in [0, 0.1) is 12.8 Å². The first-order valence-electron chi connectivity index (χ1n) is 5.68. The number of rotatable bonds is 3. The minimum atomic E-state index is -3.33. The van der Waals surface area contributed by atoms with E-state index in [-0.39, 0.29) is 11.7 Å². The predicted molar refractivity (Wildman–Crippen MR) is 76.2 cm³/mol. The van der Waals surface area contributed by atoms with E-state index in [0.29, 0.717) is 11.2 Å². The van der Waals surface area contributed by atoms with Crippen LogP contribution in [0.4, 0.5) is 0 Å². The lowest BCUT2D eigenvalue weighted by Gasteiger charge is -2.10. The first-order chi connectivity index (χ1) is 8.33. The fourth-order valence-corrected chi connectivity index (χ4v) is 4.16. The Labute approximate surface area is 115 Å². The summed E-state index contributed by atoms with van der Waals surface area (Å²) in [6.45, 7) is 5.60. The predicted octanol–water partition coefficient (Wildman–Crippen LogP) is 2.94. The van der Waals surface area contributed by atoms with E-state index in [1.54, 1.807) is 18.5 Å². The van der Waals surface area contributed by atoms with Crippen LogP contribution in [0.25, 0.3) is 10.9 Å². The number of nitrogens with zero attached hydrogens (tertiary/aromatic N) is 2. The van der Waals surface area contributed by atoms with Crippen molar-refractivity contribution in [2.24, 2.45) is 5.92 Å². The molecule has 0 aliphatic rings. The Balaban J connectivity index is 2.70. The van der Waals surface area contributed by atoms with Crippen molar-refractivity contribution in [2.75, 3.05) is 5.75 Å². The summed E-state index contributed by atoms with van der Waals surface area (Å²) in [5.41, 5.74) is 1.37. The third-order valence-corrected chi connectivity index (χ3v) is 5.29. The van der Waals surface area contributed by atoms with Gasteiger partial charge in [-0.25, -0.2) is 12.4 Å². The molecule has 98 valence electrons. The zero-order valence-corrected chi connectivity index (χ0v) is 12.9. The van der Waals surface area contributed by atoms with Crippen molar-refractivity contribution >= 4 is 36.9 Å². The molecule has 0 aromatic carbocycles. The van der Waals surface area contributed by atoms with Crippen molar-refractivity contribution in [3.8, 4) is 0 Å². The Morgan fingerprint density at radius 3 is 2.72 bits per heavy atom. The molecule has 0 atom stereocenters. The van der Waals surface area contributed by atoms with Crippen LogP contribution < -0.4 is 0 Å². The van der Waals surface area contributed by atoms with E-state index >= 15 is 0 Å². The molecule has 0 unspecified atom stereocenters. The Bertz CT molecular complexity index is 689. The molecule has 6 heteroatoms. The van der Waals surface area contributed by atoms with E-state index in [1.807, 2.05) is 20.8 Å². The Kier molecular flexibility index (Phi) is 3.51. The molecular weight excluding hydrogens is 316 g/mol. The zero-order valence-electron chi connectivity index (χ0n) is 10.5. The number of pyridine rings is 1. The monoisotopic (exact) mass is 330 g/mol. The van der Waals surface area contributed by atoms with Crippen LogP contribution in [0.3, 0.4) is 0 Å². The summed E-state index contributed by atoms with van der Waals surface area (Å²) in [6, 6.07) is 1.80. The summed E-state index contributed by atoms with van der Waals surface area (Å²) in [7, 11) is -3.33. The van der Waals surface area contributed by atoms with E-state index in [0.717, 1.165) is 9.86 Å². The molecule has 0 aliphatic carbocycles. The van der Waals surface area contributed by atoms with Gasteiger partial charge in [-0.1, -0.05) is 13.8 Å². The summed E-state index contributed by atoms with van der Waals surface area (Å²) in [6.07, 6.45) is 3.29. The van der Waals surface area contributed by atoms with Crippen molar-refractivity contribution in [2.45, 2.75) is 20.8 Å². The SMILES string of the molecule is Cc1ncc(Br)c2ccn(S(=O)(=O)CC(C)C)c12. The van der Waals surface area contributed by atoms with Crippen molar-refractivity contribution < 1.29 is 8.42 Å². The lowest BCUT2D eigenvalue weighted by atomic mass is 10.3. The van der Waals surface area contributed by atoms with Crippen molar-refractivity contribution in [3.63, 3.8) is 0 Å². The number of hydrogen-bond acceptors (Lipinski definition) is 3. The molecular formula is C12H15BrN2O2S. The highest BCUT2D eigenvalue weighted by Crippen LogP contribution is 2.27. The molecule has 0 spiro atoms. The largest absolute Gasteiger partial charge is 0.258 e. The van der Waals surface area contributed by atoms with Gasteiger partial charge in [0.1, 0.15) is 0 Å². The highest BCUT2D eigenvalue weighted by atomic mass is 79.9. The number of halogens is 1. The first kappa shape index (κ1) is 13.5. The fourth-order valence-electron chi connectivity index (χ4n) is 1.98. The van der Waals surface area contributed by atoms with Crippen LogP contribution >= 0.6 is 15.9 Å². The molecule has 0 radical (unpaired) electrons. The maximum absolute atomic E-state index is 12.3. The highest BCUT2D eigenvalue weighted by molar-refractivity contribution is 9.10. The van der Waals surface area contributed by atoms with Gasteiger partial charge in [-0.2, -0.15) is 0 Å². The van der Waals surface area contributed by atoms with Gasteiger partial charge in [0.05, 0.1) is 17.0 Å². The van der Waals surface area contributed by atoms with Crippen molar-refractivity contribution in [1.82, 2.24) is 8.96 Å². The van der Waals surface area contributed by atoms with Crippen molar-refractivity contribution in [3.05, 3.63) is 28.6 Å². The second kappa shape index (κ2) is 4.66. The lowest BCUT2D eigenvalue weighted by Crippen LogP contribution is -2.19. The van der Waals surface area contributed by atoms with Gasteiger partial charge < -0.3 is 0 Å². The lowest BCUT2D eigenvalue weighted by molar-refractivity contribution is 0.575. The maximum Gasteiger partial charge on any atom is 0.239 e. The molecule has 0 fully saturated rings. The topological polar surface area (TPSA) is 52.0 Å². The van der Waals surface area contributed by atoms with E-state index in [4.69, 9.17) is 0 Å². The second-order valence-electron chi connectivity index (χ2n) is 4.74. The number of aromatic nitrogens is 2. The molecule has 2 heterocycles. The van der Waals surface area contributed by atoms with Gasteiger partial charge in [0.15, 0.2) is 0 Å². The zero-order chi connectivity index (χ0) is 13.5. The van der Waals surface area contributed by atoms with E-state index in [1.165, 1.54) is 3.97 Å². The van der Waals surface area contributed by atoms with Crippen LogP contribution in [-0.4, -0.2) is 23.1 Å². The quantitative estimate of drug-likeness (QED) is 0.869. The minimum absolute atomic E-state index is 0.0906. The summed E-state index contributed by atoms with van der Waals surface area (Å²) in [4.78, 5) is 4.20. The Morgan fingerprint density at radius 1 is 1.44 bits per heavy atom. The van der Waals surface area contributed by atoms with Gasteiger partial charge >= 0.3 is 0 Å². The number of aryl methyl sites for hydroxylation is 1. The summed E-state index contributed by atoms with van der Waals surface area (Å²) >= 11 is 3.39. The highest BCUT2D eigenvalue weighted by Gasteiger charge is 2.19. The average molecular weight is 331 g/mol. The Hall–Kier alpha value is -0.880.